The van der Waals surface area contributed by atoms with Gasteiger partial charge in [0.2, 0.25) is 0 Å². The summed E-state index contributed by atoms with van der Waals surface area (Å²) in [7, 11) is 0. The van der Waals surface area contributed by atoms with Crippen LogP contribution in [-0.2, 0) is 4.74 Å². The molecule has 11 atom stereocenters. The maximum absolute atomic E-state index is 11.7. The fourth-order valence-electron chi connectivity index (χ4n) is 10.6. The maximum atomic E-state index is 11.7. The van der Waals surface area contributed by atoms with E-state index < -0.39 is 29.5 Å². The maximum Gasteiger partial charge on any atom is 0.0865 e. The lowest BCUT2D eigenvalue weighted by Gasteiger charge is -2.65. The Hall–Kier alpha value is -0.460. The zero-order valence-electron chi connectivity index (χ0n) is 23.3. The van der Waals surface area contributed by atoms with Gasteiger partial charge in [0, 0.05) is 11.8 Å². The highest BCUT2D eigenvalue weighted by molar-refractivity contribution is 5.35. The van der Waals surface area contributed by atoms with Gasteiger partial charge in [-0.2, -0.15) is 0 Å². The Labute approximate surface area is 212 Å². The molecular weight excluding hydrogens is 440 g/mol. The summed E-state index contributed by atoms with van der Waals surface area (Å²) in [5, 5.41) is 44.8. The third kappa shape index (κ3) is 3.30. The van der Waals surface area contributed by atoms with Gasteiger partial charge in [-0.25, -0.2) is 0 Å². The largest absolute Gasteiger partial charge is 0.393 e. The minimum absolute atomic E-state index is 0.0274. The molecule has 200 valence electrons. The molecule has 35 heavy (non-hydrogen) atoms. The lowest BCUT2D eigenvalue weighted by atomic mass is 9.40. The van der Waals surface area contributed by atoms with Gasteiger partial charge in [-0.3, -0.25) is 0 Å². The minimum Gasteiger partial charge on any atom is -0.393 e. The predicted molar refractivity (Wildman–Crippen MR) is 137 cm³/mol. The summed E-state index contributed by atoms with van der Waals surface area (Å²) in [5.41, 5.74) is -0.731. The number of aliphatic hydroxyl groups is 4. The summed E-state index contributed by atoms with van der Waals surface area (Å²) in [6.07, 6.45) is 6.50. The van der Waals surface area contributed by atoms with Crippen LogP contribution in [0.1, 0.15) is 100 Å². The molecule has 4 aliphatic carbocycles. The third-order valence-corrected chi connectivity index (χ3v) is 12.5. The van der Waals surface area contributed by atoms with E-state index in [0.29, 0.717) is 12.8 Å². The van der Waals surface area contributed by atoms with E-state index in [1.807, 2.05) is 13.8 Å². The van der Waals surface area contributed by atoms with Crippen molar-refractivity contribution in [1.82, 2.24) is 0 Å². The number of ether oxygens (including phenoxy) is 1. The fraction of sp³-hybridized carbons (Fsp3) is 0.933. The Balaban J connectivity index is 1.55. The van der Waals surface area contributed by atoms with Gasteiger partial charge in [-0.05, 0) is 93.3 Å². The number of fused-ring (bicyclic) bond motifs is 5. The van der Waals surface area contributed by atoms with E-state index in [-0.39, 0.29) is 45.5 Å². The van der Waals surface area contributed by atoms with Crippen molar-refractivity contribution in [1.29, 1.82) is 0 Å². The van der Waals surface area contributed by atoms with Crippen LogP contribution in [0, 0.1) is 39.4 Å². The SMILES string of the molecule is CC1(C)C(O)CC[C@]2(C)C3=CC[C@]4(C)[C@@H]([C@@]5(C)CC[C@@H](C(C)(C)O)O5)[C@@H](O)C[C@@]4(C)C3C[C@H](O)C12. The standard InChI is InChI=1S/C30H50O5/c1-25(2)21(33)10-12-27(5)17-9-13-28(6)24(30(8)14-11-22(35-30)26(3,4)34)20(32)16-29(28,7)18(17)15-19(31)23(25)27/h9,18-24,31-34H,10-16H2,1-8H3/t18?,19-,20-,21?,22-,23?,24-,27+,28+,29-,30+/m0/s1. The van der Waals surface area contributed by atoms with Crippen LogP contribution < -0.4 is 0 Å². The van der Waals surface area contributed by atoms with Crippen molar-refractivity contribution < 1.29 is 25.2 Å². The summed E-state index contributed by atoms with van der Waals surface area (Å²) in [6.45, 7) is 17.1. The van der Waals surface area contributed by atoms with Gasteiger partial charge in [0.05, 0.1) is 35.6 Å². The lowest BCUT2D eigenvalue weighted by molar-refractivity contribution is -0.183. The first-order chi connectivity index (χ1) is 15.9. The van der Waals surface area contributed by atoms with Gasteiger partial charge in [0.25, 0.3) is 0 Å². The quantitative estimate of drug-likeness (QED) is 0.425. The van der Waals surface area contributed by atoms with Crippen molar-refractivity contribution in [2.24, 2.45) is 39.4 Å². The first kappa shape index (κ1) is 26.2. The van der Waals surface area contributed by atoms with Crippen LogP contribution in [-0.4, -0.2) is 56.0 Å². The molecule has 4 fully saturated rings. The second-order valence-electron chi connectivity index (χ2n) is 15.2. The van der Waals surface area contributed by atoms with E-state index in [0.717, 1.165) is 32.1 Å². The van der Waals surface area contributed by atoms with Crippen molar-refractivity contribution in [2.45, 2.75) is 136 Å². The Bertz CT molecular complexity index is 905. The van der Waals surface area contributed by atoms with Gasteiger partial charge in [-0.15, -0.1) is 0 Å². The summed E-state index contributed by atoms with van der Waals surface area (Å²) in [4.78, 5) is 0. The third-order valence-electron chi connectivity index (χ3n) is 12.5. The molecular formula is C30H50O5. The topological polar surface area (TPSA) is 90.2 Å². The predicted octanol–water partition coefficient (Wildman–Crippen LogP) is 4.60. The monoisotopic (exact) mass is 490 g/mol. The second kappa shape index (κ2) is 7.56. The highest BCUT2D eigenvalue weighted by Crippen LogP contribution is 2.74. The van der Waals surface area contributed by atoms with E-state index in [2.05, 4.69) is 47.6 Å². The second-order valence-corrected chi connectivity index (χ2v) is 15.2. The molecule has 0 radical (unpaired) electrons. The Morgan fingerprint density at radius 2 is 1.54 bits per heavy atom. The van der Waals surface area contributed by atoms with E-state index in [1.54, 1.807) is 0 Å². The molecule has 5 rings (SSSR count). The highest BCUT2D eigenvalue weighted by atomic mass is 16.5. The van der Waals surface area contributed by atoms with E-state index in [4.69, 9.17) is 4.74 Å². The smallest absolute Gasteiger partial charge is 0.0865 e. The average molecular weight is 491 g/mol. The fourth-order valence-corrected chi connectivity index (χ4v) is 10.6. The van der Waals surface area contributed by atoms with Crippen LogP contribution >= 0.6 is 0 Å². The number of hydrogen-bond acceptors (Lipinski definition) is 5. The molecule has 0 amide bonds. The summed E-state index contributed by atoms with van der Waals surface area (Å²) >= 11 is 0. The molecule has 4 N–H and O–H groups in total. The van der Waals surface area contributed by atoms with Crippen LogP contribution in [0.5, 0.6) is 0 Å². The van der Waals surface area contributed by atoms with E-state index >= 15 is 0 Å². The molecule has 1 heterocycles. The van der Waals surface area contributed by atoms with Gasteiger partial charge in [-0.1, -0.05) is 46.3 Å². The van der Waals surface area contributed by atoms with Crippen LogP contribution in [0.4, 0.5) is 0 Å². The molecule has 0 spiro atoms. The van der Waals surface area contributed by atoms with Gasteiger partial charge >= 0.3 is 0 Å². The first-order valence-corrected chi connectivity index (χ1v) is 14.1. The lowest BCUT2D eigenvalue weighted by Crippen LogP contribution is -2.62. The molecule has 5 nitrogen and oxygen atoms in total. The average Bonchev–Trinajstić information content (AvgIpc) is 3.20. The molecule has 1 saturated heterocycles. The van der Waals surface area contributed by atoms with Crippen molar-refractivity contribution in [3.8, 4) is 0 Å². The van der Waals surface area contributed by atoms with Crippen LogP contribution in [0.2, 0.25) is 0 Å². The van der Waals surface area contributed by atoms with Crippen molar-refractivity contribution in [2.75, 3.05) is 0 Å². The molecule has 3 saturated carbocycles. The first-order valence-electron chi connectivity index (χ1n) is 14.1. The van der Waals surface area contributed by atoms with E-state index in [1.165, 1.54) is 5.57 Å². The van der Waals surface area contributed by atoms with Gasteiger partial charge < -0.3 is 25.2 Å². The van der Waals surface area contributed by atoms with Crippen LogP contribution in [0.25, 0.3) is 0 Å². The number of hydrogen-bond donors (Lipinski definition) is 4. The highest BCUT2D eigenvalue weighted by Gasteiger charge is 2.71. The van der Waals surface area contributed by atoms with Gasteiger partial charge in [0.1, 0.15) is 0 Å². The number of aliphatic hydroxyl groups excluding tert-OH is 3. The summed E-state index contributed by atoms with van der Waals surface area (Å²) in [6, 6.07) is 0. The number of rotatable bonds is 2. The summed E-state index contributed by atoms with van der Waals surface area (Å²) in [5.74, 6) is 0.204. The molecule has 5 aliphatic rings. The zero-order chi connectivity index (χ0) is 26.0. The van der Waals surface area contributed by atoms with Crippen molar-refractivity contribution >= 4 is 0 Å². The summed E-state index contributed by atoms with van der Waals surface area (Å²) < 4.78 is 6.62. The minimum atomic E-state index is -0.902. The molecule has 0 bridgehead atoms. The molecule has 0 aromatic carbocycles. The molecule has 0 aromatic heterocycles. The van der Waals surface area contributed by atoms with Crippen LogP contribution in [0.3, 0.4) is 0 Å². The Morgan fingerprint density at radius 1 is 0.886 bits per heavy atom. The van der Waals surface area contributed by atoms with E-state index in [9.17, 15) is 20.4 Å². The normalized spacial score (nSPS) is 55.7. The molecule has 5 heteroatoms. The Morgan fingerprint density at radius 3 is 2.14 bits per heavy atom. The number of allylic oxidation sites excluding steroid dienone is 2. The zero-order valence-corrected chi connectivity index (χ0v) is 23.3. The van der Waals surface area contributed by atoms with Gasteiger partial charge in [0.15, 0.2) is 0 Å². The van der Waals surface area contributed by atoms with Crippen LogP contribution in [0.15, 0.2) is 11.6 Å². The molecule has 3 unspecified atom stereocenters. The molecule has 1 aliphatic heterocycles. The van der Waals surface area contributed by atoms with Crippen molar-refractivity contribution in [3.63, 3.8) is 0 Å². The molecule has 0 aromatic rings. The Kier molecular flexibility index (Phi) is 5.65. The van der Waals surface area contributed by atoms with Crippen molar-refractivity contribution in [3.05, 3.63) is 11.6 Å².